The Bertz CT molecular complexity index is 1010. The Morgan fingerprint density at radius 3 is 2.64 bits per heavy atom. The molecule has 2 aromatic heterocycles. The molecule has 0 unspecified atom stereocenters. The van der Waals surface area contributed by atoms with Gasteiger partial charge in [-0.2, -0.15) is 4.98 Å². The summed E-state index contributed by atoms with van der Waals surface area (Å²) in [5, 5.41) is 3.48. The molecule has 2 aliphatic heterocycles. The van der Waals surface area contributed by atoms with Gasteiger partial charge in [0.05, 0.1) is 11.9 Å². The highest BCUT2D eigenvalue weighted by atomic mass is 16.2. The van der Waals surface area contributed by atoms with Crippen molar-refractivity contribution in [2.45, 2.75) is 89.0 Å². The second kappa shape index (κ2) is 8.95. The number of rotatable bonds is 5. The second-order valence-corrected chi connectivity index (χ2v) is 10.2. The largest absolute Gasteiger partial charge is 0.341 e. The van der Waals surface area contributed by atoms with Gasteiger partial charge in [0, 0.05) is 36.8 Å². The van der Waals surface area contributed by atoms with Crippen LogP contribution in [0.2, 0.25) is 0 Å². The molecular weight excluding hydrogens is 414 g/mol. The summed E-state index contributed by atoms with van der Waals surface area (Å²) in [6, 6.07) is -0.131. The van der Waals surface area contributed by atoms with Crippen LogP contribution in [0.4, 0.5) is 17.7 Å². The van der Waals surface area contributed by atoms with Crippen LogP contribution in [0.25, 0.3) is 0 Å². The molecular formula is C25H35N7O. The average molecular weight is 450 g/mol. The number of likely N-dealkylation sites (tertiary alicyclic amines) is 1. The van der Waals surface area contributed by atoms with Gasteiger partial charge in [-0.1, -0.05) is 12.8 Å². The van der Waals surface area contributed by atoms with Crippen LogP contribution in [0, 0.1) is 0 Å². The Morgan fingerprint density at radius 1 is 0.939 bits per heavy atom. The number of fused-ring (bicyclic) bond motifs is 1. The highest BCUT2D eigenvalue weighted by molar-refractivity contribution is 5.85. The lowest BCUT2D eigenvalue weighted by atomic mass is 10.1. The molecule has 4 aliphatic rings. The molecule has 6 rings (SSSR count). The fourth-order valence-corrected chi connectivity index (χ4v) is 6.19. The number of aryl methyl sites for hydroxylation is 1. The van der Waals surface area contributed by atoms with Crippen molar-refractivity contribution in [1.29, 1.82) is 0 Å². The van der Waals surface area contributed by atoms with Crippen LogP contribution in [0.1, 0.15) is 87.1 Å². The number of hydrogen-bond acceptors (Lipinski definition) is 6. The fourth-order valence-electron chi connectivity index (χ4n) is 6.19. The molecule has 0 aromatic carbocycles. The number of imidazole rings is 1. The van der Waals surface area contributed by atoms with Crippen molar-refractivity contribution in [1.82, 2.24) is 24.8 Å². The molecule has 8 heteroatoms. The lowest BCUT2D eigenvalue weighted by molar-refractivity contribution is -0.133. The summed E-state index contributed by atoms with van der Waals surface area (Å²) in [6.07, 6.45) is 15.5. The van der Waals surface area contributed by atoms with Crippen LogP contribution in [-0.2, 0) is 17.6 Å². The molecule has 0 bridgehead atoms. The molecule has 1 atom stereocenters. The van der Waals surface area contributed by atoms with Crippen LogP contribution >= 0.6 is 0 Å². The van der Waals surface area contributed by atoms with Gasteiger partial charge in [-0.05, 0) is 64.2 Å². The number of nitrogens with one attached hydrogen (secondary N) is 2. The van der Waals surface area contributed by atoms with E-state index in [0.717, 1.165) is 82.0 Å². The Morgan fingerprint density at radius 2 is 1.79 bits per heavy atom. The van der Waals surface area contributed by atoms with Crippen molar-refractivity contribution in [2.24, 2.45) is 0 Å². The Kier molecular flexibility index (Phi) is 5.68. The van der Waals surface area contributed by atoms with E-state index in [9.17, 15) is 4.79 Å². The zero-order valence-corrected chi connectivity index (χ0v) is 19.5. The first kappa shape index (κ1) is 20.9. The van der Waals surface area contributed by atoms with E-state index in [2.05, 4.69) is 25.1 Å². The summed E-state index contributed by atoms with van der Waals surface area (Å²) in [4.78, 5) is 35.6. The zero-order chi connectivity index (χ0) is 22.2. The normalized spacial score (nSPS) is 23.3. The van der Waals surface area contributed by atoms with Gasteiger partial charge >= 0.3 is 0 Å². The summed E-state index contributed by atoms with van der Waals surface area (Å²) in [5.74, 6) is 3.19. The number of piperidine rings is 1. The summed E-state index contributed by atoms with van der Waals surface area (Å²) < 4.78 is 0. The molecule has 2 aliphatic carbocycles. The van der Waals surface area contributed by atoms with Crippen LogP contribution in [0.5, 0.6) is 0 Å². The number of amides is 1. The standard InChI is InChI=1S/C25H35N7O/c33-23(31-13-4-1-5-14-31)21-12-7-15-32(21)25-28-19-11-6-10-18(19)22(30-25)29-24-26-16-20(27-24)17-8-2-3-9-17/h16-17,21H,1-15H2,(H2,26,27,28,29,30)/t21-/m1/s1. The minimum absolute atomic E-state index is 0.131. The lowest BCUT2D eigenvalue weighted by Gasteiger charge is -2.32. The maximum atomic E-state index is 13.3. The molecule has 2 saturated heterocycles. The summed E-state index contributed by atoms with van der Waals surface area (Å²) >= 11 is 0. The molecule has 4 heterocycles. The van der Waals surface area contributed by atoms with Crippen molar-refractivity contribution >= 4 is 23.6 Å². The van der Waals surface area contributed by atoms with Crippen molar-refractivity contribution < 1.29 is 4.79 Å². The Labute approximate surface area is 195 Å². The Balaban J connectivity index is 1.25. The number of anilines is 3. The van der Waals surface area contributed by atoms with E-state index in [-0.39, 0.29) is 11.9 Å². The third-order valence-corrected chi connectivity index (χ3v) is 8.01. The smallest absolute Gasteiger partial charge is 0.245 e. The van der Waals surface area contributed by atoms with Gasteiger partial charge < -0.3 is 20.1 Å². The summed E-state index contributed by atoms with van der Waals surface area (Å²) in [6.45, 7) is 2.63. The topological polar surface area (TPSA) is 90.0 Å². The van der Waals surface area contributed by atoms with Crippen molar-refractivity contribution in [3.05, 3.63) is 23.1 Å². The van der Waals surface area contributed by atoms with E-state index < -0.39 is 0 Å². The molecule has 2 aromatic rings. The van der Waals surface area contributed by atoms with E-state index in [1.165, 1.54) is 43.4 Å². The molecule has 2 N–H and O–H groups in total. The molecule has 0 spiro atoms. The number of aromatic nitrogens is 4. The molecule has 0 radical (unpaired) electrons. The molecule has 176 valence electrons. The number of nitrogens with zero attached hydrogens (tertiary/aromatic N) is 5. The van der Waals surface area contributed by atoms with Crippen LogP contribution in [-0.4, -0.2) is 56.4 Å². The lowest BCUT2D eigenvalue weighted by Crippen LogP contribution is -2.48. The predicted octanol–water partition coefficient (Wildman–Crippen LogP) is 4.07. The maximum absolute atomic E-state index is 13.3. The molecule has 3 fully saturated rings. The van der Waals surface area contributed by atoms with Crippen molar-refractivity contribution in [3.63, 3.8) is 0 Å². The van der Waals surface area contributed by atoms with Gasteiger partial charge in [-0.25, -0.2) is 9.97 Å². The van der Waals surface area contributed by atoms with Gasteiger partial charge in [-0.3, -0.25) is 4.79 Å². The van der Waals surface area contributed by atoms with E-state index in [0.29, 0.717) is 11.9 Å². The van der Waals surface area contributed by atoms with Crippen LogP contribution in [0.3, 0.4) is 0 Å². The minimum Gasteiger partial charge on any atom is -0.341 e. The molecule has 8 nitrogen and oxygen atoms in total. The highest BCUT2D eigenvalue weighted by Gasteiger charge is 2.36. The van der Waals surface area contributed by atoms with Crippen LogP contribution < -0.4 is 10.2 Å². The Hall–Kier alpha value is -2.64. The van der Waals surface area contributed by atoms with E-state index in [1.807, 2.05) is 6.20 Å². The average Bonchev–Trinajstić information content (AvgIpc) is 3.65. The van der Waals surface area contributed by atoms with E-state index in [4.69, 9.17) is 9.97 Å². The van der Waals surface area contributed by atoms with Gasteiger partial charge in [0.15, 0.2) is 0 Å². The van der Waals surface area contributed by atoms with Gasteiger partial charge in [0.25, 0.3) is 0 Å². The number of carbonyl (C=O) groups excluding carboxylic acids is 1. The summed E-state index contributed by atoms with van der Waals surface area (Å²) in [7, 11) is 0. The van der Waals surface area contributed by atoms with E-state index >= 15 is 0 Å². The predicted molar refractivity (Wildman–Crippen MR) is 128 cm³/mol. The molecule has 33 heavy (non-hydrogen) atoms. The first-order valence-electron chi connectivity index (χ1n) is 13.0. The van der Waals surface area contributed by atoms with Crippen molar-refractivity contribution in [2.75, 3.05) is 29.9 Å². The summed E-state index contributed by atoms with van der Waals surface area (Å²) in [5.41, 5.74) is 3.56. The van der Waals surface area contributed by atoms with Crippen LogP contribution in [0.15, 0.2) is 6.20 Å². The van der Waals surface area contributed by atoms with Gasteiger partial charge in [0.2, 0.25) is 17.8 Å². The highest BCUT2D eigenvalue weighted by Crippen LogP contribution is 2.35. The molecule has 1 amide bonds. The van der Waals surface area contributed by atoms with Gasteiger partial charge in [0.1, 0.15) is 11.9 Å². The minimum atomic E-state index is -0.131. The first-order valence-corrected chi connectivity index (χ1v) is 13.0. The second-order valence-electron chi connectivity index (χ2n) is 10.2. The molecule has 1 saturated carbocycles. The number of H-pyrrole nitrogens is 1. The first-order chi connectivity index (χ1) is 16.3. The SMILES string of the molecule is O=C([C@H]1CCCN1c1nc2c(c(Nc3ncc(C4CCCC4)[nH]3)n1)CCC2)N1CCCCC1. The number of carbonyl (C=O) groups is 1. The van der Waals surface area contributed by atoms with Gasteiger partial charge in [-0.15, -0.1) is 0 Å². The third-order valence-electron chi connectivity index (χ3n) is 8.01. The monoisotopic (exact) mass is 449 g/mol. The van der Waals surface area contributed by atoms with E-state index in [1.54, 1.807) is 0 Å². The van der Waals surface area contributed by atoms with Crippen molar-refractivity contribution in [3.8, 4) is 0 Å². The number of hydrogen-bond donors (Lipinski definition) is 2. The fraction of sp³-hybridized carbons (Fsp3) is 0.680. The number of aromatic amines is 1. The maximum Gasteiger partial charge on any atom is 0.245 e. The zero-order valence-electron chi connectivity index (χ0n) is 19.5. The quantitative estimate of drug-likeness (QED) is 0.715. The third kappa shape index (κ3) is 4.08.